The van der Waals surface area contributed by atoms with Gasteiger partial charge in [0, 0.05) is 0 Å². The van der Waals surface area contributed by atoms with E-state index < -0.39 is 0 Å². The average Bonchev–Trinajstić information content (AvgIpc) is 3.28. The number of anilines is 1. The smallest absolute Gasteiger partial charge is 0.148 e. The SMILES string of the molecule is c1coc(CN(Cc2ccco2)c2cnc3ccccc3n2)c1. The molecule has 0 saturated heterocycles. The molecule has 3 heterocycles. The Balaban J connectivity index is 1.69. The van der Waals surface area contributed by atoms with Gasteiger partial charge in [0.25, 0.3) is 0 Å². The Labute approximate surface area is 133 Å². The van der Waals surface area contributed by atoms with Crippen LogP contribution in [0, 0.1) is 0 Å². The number of hydrogen-bond donors (Lipinski definition) is 0. The lowest BCUT2D eigenvalue weighted by atomic mass is 10.3. The van der Waals surface area contributed by atoms with Gasteiger partial charge < -0.3 is 13.7 Å². The van der Waals surface area contributed by atoms with E-state index in [1.165, 1.54) is 0 Å². The molecule has 4 aromatic rings. The molecular weight excluding hydrogens is 290 g/mol. The maximum Gasteiger partial charge on any atom is 0.148 e. The van der Waals surface area contributed by atoms with Gasteiger partial charge in [0.15, 0.2) is 0 Å². The molecule has 0 radical (unpaired) electrons. The fourth-order valence-corrected chi connectivity index (χ4v) is 2.50. The topological polar surface area (TPSA) is 55.3 Å². The molecule has 0 aliphatic heterocycles. The van der Waals surface area contributed by atoms with Gasteiger partial charge in [-0.05, 0) is 36.4 Å². The molecule has 0 aliphatic carbocycles. The standard InChI is InChI=1S/C18H15N3O2/c1-2-8-17-16(7-1)19-11-18(20-17)21(12-14-5-3-9-22-14)13-15-6-4-10-23-15/h1-11H,12-13H2. The second-order valence-corrected chi connectivity index (χ2v) is 5.23. The van der Waals surface area contributed by atoms with Gasteiger partial charge in [0.2, 0.25) is 0 Å². The van der Waals surface area contributed by atoms with Crippen LogP contribution in [0.15, 0.2) is 76.1 Å². The fraction of sp³-hybridized carbons (Fsp3) is 0.111. The quantitative estimate of drug-likeness (QED) is 0.557. The minimum atomic E-state index is 0.598. The lowest BCUT2D eigenvalue weighted by Gasteiger charge is -2.21. The van der Waals surface area contributed by atoms with Crippen LogP contribution in [0.2, 0.25) is 0 Å². The molecule has 0 fully saturated rings. The highest BCUT2D eigenvalue weighted by atomic mass is 16.3. The molecule has 23 heavy (non-hydrogen) atoms. The molecule has 0 bridgehead atoms. The van der Waals surface area contributed by atoms with E-state index >= 15 is 0 Å². The van der Waals surface area contributed by atoms with Crippen LogP contribution in [0.4, 0.5) is 5.82 Å². The zero-order valence-electron chi connectivity index (χ0n) is 12.4. The number of rotatable bonds is 5. The van der Waals surface area contributed by atoms with E-state index in [1.807, 2.05) is 48.5 Å². The first-order chi connectivity index (χ1) is 11.4. The van der Waals surface area contributed by atoms with Crippen LogP contribution in [0.3, 0.4) is 0 Å². The summed E-state index contributed by atoms with van der Waals surface area (Å²) < 4.78 is 10.9. The van der Waals surface area contributed by atoms with E-state index in [1.54, 1.807) is 18.7 Å². The van der Waals surface area contributed by atoms with E-state index in [0.717, 1.165) is 28.4 Å². The Morgan fingerprint density at radius 2 is 1.43 bits per heavy atom. The first-order valence-corrected chi connectivity index (χ1v) is 7.40. The van der Waals surface area contributed by atoms with Crippen molar-refractivity contribution >= 4 is 16.9 Å². The van der Waals surface area contributed by atoms with Crippen LogP contribution in [-0.4, -0.2) is 9.97 Å². The first-order valence-electron chi connectivity index (χ1n) is 7.40. The Morgan fingerprint density at radius 1 is 0.783 bits per heavy atom. The molecule has 5 heteroatoms. The van der Waals surface area contributed by atoms with Crippen molar-refractivity contribution in [1.82, 2.24) is 9.97 Å². The lowest BCUT2D eigenvalue weighted by molar-refractivity contribution is 0.475. The van der Waals surface area contributed by atoms with Crippen molar-refractivity contribution in [1.29, 1.82) is 0 Å². The Bertz CT molecular complexity index is 849. The summed E-state index contributed by atoms with van der Waals surface area (Å²) in [7, 11) is 0. The van der Waals surface area contributed by atoms with Gasteiger partial charge in [0.05, 0.1) is 42.8 Å². The van der Waals surface area contributed by atoms with E-state index in [4.69, 9.17) is 13.8 Å². The molecule has 0 amide bonds. The first kappa shape index (κ1) is 13.6. The summed E-state index contributed by atoms with van der Waals surface area (Å²) in [6.45, 7) is 1.20. The highest BCUT2D eigenvalue weighted by molar-refractivity contribution is 5.75. The molecule has 1 aromatic carbocycles. The Kier molecular flexibility index (Phi) is 3.52. The van der Waals surface area contributed by atoms with E-state index in [0.29, 0.717) is 13.1 Å². The van der Waals surface area contributed by atoms with Crippen LogP contribution in [0.5, 0.6) is 0 Å². The molecule has 0 aliphatic rings. The zero-order chi connectivity index (χ0) is 15.5. The third-order valence-corrected chi connectivity index (χ3v) is 3.61. The van der Waals surface area contributed by atoms with Crippen LogP contribution in [0.1, 0.15) is 11.5 Å². The molecule has 0 spiro atoms. The lowest BCUT2D eigenvalue weighted by Crippen LogP contribution is -2.22. The summed E-state index contributed by atoms with van der Waals surface area (Å²) in [5, 5.41) is 0. The van der Waals surface area contributed by atoms with Crippen molar-refractivity contribution in [2.75, 3.05) is 4.90 Å². The van der Waals surface area contributed by atoms with Gasteiger partial charge in [-0.15, -0.1) is 0 Å². The number of nitrogens with zero attached hydrogens (tertiary/aromatic N) is 3. The van der Waals surface area contributed by atoms with E-state index in [2.05, 4.69) is 9.88 Å². The largest absolute Gasteiger partial charge is 0.467 e. The molecule has 0 saturated carbocycles. The molecule has 0 N–H and O–H groups in total. The highest BCUT2D eigenvalue weighted by Crippen LogP contribution is 2.20. The number of para-hydroxylation sites is 2. The van der Waals surface area contributed by atoms with Crippen LogP contribution < -0.4 is 4.90 Å². The molecule has 114 valence electrons. The summed E-state index contributed by atoms with van der Waals surface area (Å²) in [5.74, 6) is 2.52. The minimum absolute atomic E-state index is 0.598. The Hall–Kier alpha value is -3.08. The van der Waals surface area contributed by atoms with E-state index in [-0.39, 0.29) is 0 Å². The maximum absolute atomic E-state index is 5.47. The summed E-state index contributed by atoms with van der Waals surface area (Å²) in [6, 6.07) is 15.5. The summed E-state index contributed by atoms with van der Waals surface area (Å²) in [4.78, 5) is 11.3. The van der Waals surface area contributed by atoms with Crippen LogP contribution >= 0.6 is 0 Å². The van der Waals surface area contributed by atoms with Crippen molar-refractivity contribution in [3.8, 4) is 0 Å². The third-order valence-electron chi connectivity index (χ3n) is 3.61. The molecular formula is C18H15N3O2. The molecule has 0 unspecified atom stereocenters. The second-order valence-electron chi connectivity index (χ2n) is 5.23. The van der Waals surface area contributed by atoms with Crippen molar-refractivity contribution in [3.05, 3.63) is 78.8 Å². The fourth-order valence-electron chi connectivity index (χ4n) is 2.50. The monoisotopic (exact) mass is 305 g/mol. The summed E-state index contributed by atoms with van der Waals surface area (Å²) in [5.41, 5.74) is 1.75. The van der Waals surface area contributed by atoms with Crippen LogP contribution in [0.25, 0.3) is 11.0 Å². The molecule has 4 rings (SSSR count). The van der Waals surface area contributed by atoms with Crippen LogP contribution in [-0.2, 0) is 13.1 Å². The van der Waals surface area contributed by atoms with Gasteiger partial charge in [-0.25, -0.2) is 4.98 Å². The normalized spacial score (nSPS) is 11.0. The number of fused-ring (bicyclic) bond motifs is 1. The number of aromatic nitrogens is 2. The number of hydrogen-bond acceptors (Lipinski definition) is 5. The second kappa shape index (κ2) is 5.96. The molecule has 3 aromatic heterocycles. The van der Waals surface area contributed by atoms with Gasteiger partial charge in [0.1, 0.15) is 17.3 Å². The predicted molar refractivity (Wildman–Crippen MR) is 86.8 cm³/mol. The van der Waals surface area contributed by atoms with Crippen molar-refractivity contribution in [2.45, 2.75) is 13.1 Å². The average molecular weight is 305 g/mol. The van der Waals surface area contributed by atoms with E-state index in [9.17, 15) is 0 Å². The zero-order valence-corrected chi connectivity index (χ0v) is 12.4. The third kappa shape index (κ3) is 2.94. The van der Waals surface area contributed by atoms with Crippen molar-refractivity contribution in [2.24, 2.45) is 0 Å². The van der Waals surface area contributed by atoms with Crippen molar-refractivity contribution < 1.29 is 8.83 Å². The number of benzene rings is 1. The van der Waals surface area contributed by atoms with Gasteiger partial charge in [-0.1, -0.05) is 12.1 Å². The predicted octanol–water partition coefficient (Wildman–Crippen LogP) is 4.02. The summed E-state index contributed by atoms with van der Waals surface area (Å²) >= 11 is 0. The molecule has 5 nitrogen and oxygen atoms in total. The number of furan rings is 2. The van der Waals surface area contributed by atoms with Crippen molar-refractivity contribution in [3.63, 3.8) is 0 Å². The van der Waals surface area contributed by atoms with Gasteiger partial charge in [-0.3, -0.25) is 4.98 Å². The maximum atomic E-state index is 5.47. The highest BCUT2D eigenvalue weighted by Gasteiger charge is 2.14. The molecule has 0 atom stereocenters. The minimum Gasteiger partial charge on any atom is -0.467 e. The summed E-state index contributed by atoms with van der Waals surface area (Å²) in [6.07, 6.45) is 5.13. The van der Waals surface area contributed by atoms with Gasteiger partial charge in [-0.2, -0.15) is 0 Å². The van der Waals surface area contributed by atoms with Gasteiger partial charge >= 0.3 is 0 Å². The Morgan fingerprint density at radius 3 is 2.04 bits per heavy atom.